The molecule has 0 radical (unpaired) electrons. The van der Waals surface area contributed by atoms with Gasteiger partial charge in [-0.3, -0.25) is 19.2 Å². The second-order valence-corrected chi connectivity index (χ2v) is 11.7. The highest BCUT2D eigenvalue weighted by atomic mass is 31.2. The number of anilines is 1. The van der Waals surface area contributed by atoms with E-state index in [1.54, 1.807) is 43.8 Å². The molecule has 0 unspecified atom stereocenters. The molecule has 38 heavy (non-hydrogen) atoms. The van der Waals surface area contributed by atoms with Crippen LogP contribution >= 0.6 is 7.44 Å². The van der Waals surface area contributed by atoms with Gasteiger partial charge < -0.3 is 24.5 Å². The minimum absolute atomic E-state index is 0.255. The van der Waals surface area contributed by atoms with E-state index in [9.17, 15) is 14.2 Å². The van der Waals surface area contributed by atoms with Gasteiger partial charge in [0.15, 0.2) is 11.5 Å². The van der Waals surface area contributed by atoms with Gasteiger partial charge in [-0.1, -0.05) is 0 Å². The Morgan fingerprint density at radius 3 is 2.45 bits per heavy atom. The number of benzene rings is 1. The molecule has 0 bridgehead atoms. The molecule has 2 atom stereocenters. The van der Waals surface area contributed by atoms with Crippen LogP contribution in [0, 0.1) is 0 Å². The number of ether oxygens (including phenoxy) is 3. The highest BCUT2D eigenvalue weighted by molar-refractivity contribution is 7.60. The molecule has 4 N–H and O–H groups in total. The first-order valence-corrected chi connectivity index (χ1v) is 13.8. The van der Waals surface area contributed by atoms with Crippen LogP contribution < -0.4 is 20.6 Å². The van der Waals surface area contributed by atoms with Gasteiger partial charge in [-0.2, -0.15) is 0 Å². The standard InChI is InChI=1S/C24H34N7O6P/c1-15(2)37-23(33)24(4,5)30-38(34,29-22(32)17-7-9-18(35-6)10-8-17)14-36-16(3)11-31-13-28-19-20(25)26-12-27-21(19)31/h7-10,12-13,15-16H,11,14H2,1-6H3,(H2,25,26,27)(H2,29,30,32,34)/t16-,38-/m1/s1. The van der Waals surface area contributed by atoms with E-state index < -0.39 is 37.3 Å². The predicted molar refractivity (Wildman–Crippen MR) is 142 cm³/mol. The summed E-state index contributed by atoms with van der Waals surface area (Å²) in [5.74, 6) is -0.411. The molecule has 206 valence electrons. The van der Waals surface area contributed by atoms with Crippen molar-refractivity contribution in [3.8, 4) is 5.75 Å². The van der Waals surface area contributed by atoms with Gasteiger partial charge in [-0.15, -0.1) is 0 Å². The van der Waals surface area contributed by atoms with Gasteiger partial charge in [0.05, 0.1) is 32.2 Å². The van der Waals surface area contributed by atoms with E-state index >= 15 is 0 Å². The largest absolute Gasteiger partial charge is 0.497 e. The zero-order chi connectivity index (χ0) is 28.1. The predicted octanol–water partition coefficient (Wildman–Crippen LogP) is 2.72. The first-order valence-electron chi connectivity index (χ1n) is 11.9. The lowest BCUT2D eigenvalue weighted by atomic mass is 10.1. The molecule has 2 heterocycles. The first kappa shape index (κ1) is 29.0. The highest BCUT2D eigenvalue weighted by Crippen LogP contribution is 2.40. The number of amides is 1. The molecule has 1 aromatic carbocycles. The second kappa shape index (κ2) is 11.9. The topological polar surface area (TPSA) is 173 Å². The molecule has 0 aliphatic heterocycles. The minimum Gasteiger partial charge on any atom is -0.497 e. The summed E-state index contributed by atoms with van der Waals surface area (Å²) in [6, 6.07) is 6.30. The van der Waals surface area contributed by atoms with Gasteiger partial charge in [-0.25, -0.2) is 20.0 Å². The molecule has 1 amide bonds. The van der Waals surface area contributed by atoms with Crippen LogP contribution in [-0.2, 0) is 25.4 Å². The maximum Gasteiger partial charge on any atom is 0.326 e. The van der Waals surface area contributed by atoms with Crippen molar-refractivity contribution >= 4 is 36.3 Å². The molecule has 3 aromatic rings. The maximum absolute atomic E-state index is 14.0. The number of esters is 1. The molecule has 0 aliphatic carbocycles. The average Bonchev–Trinajstić information content (AvgIpc) is 3.26. The van der Waals surface area contributed by atoms with Crippen molar-refractivity contribution in [1.82, 2.24) is 29.7 Å². The van der Waals surface area contributed by atoms with Crippen LogP contribution in [0.3, 0.4) is 0 Å². The zero-order valence-corrected chi connectivity index (χ0v) is 23.2. The van der Waals surface area contributed by atoms with Crippen molar-refractivity contribution in [2.75, 3.05) is 19.2 Å². The van der Waals surface area contributed by atoms with Crippen molar-refractivity contribution in [2.24, 2.45) is 0 Å². The maximum atomic E-state index is 14.0. The van der Waals surface area contributed by atoms with Crippen LogP contribution in [0.25, 0.3) is 11.2 Å². The molecule has 2 aromatic heterocycles. The Morgan fingerprint density at radius 1 is 1.13 bits per heavy atom. The quantitative estimate of drug-likeness (QED) is 0.225. The van der Waals surface area contributed by atoms with Crippen molar-refractivity contribution in [3.63, 3.8) is 0 Å². The third-order valence-electron chi connectivity index (χ3n) is 5.37. The molecule has 0 spiro atoms. The summed E-state index contributed by atoms with van der Waals surface area (Å²) >= 11 is 0. The number of nitrogens with one attached hydrogen (secondary N) is 2. The number of fused-ring (bicyclic) bond motifs is 1. The van der Waals surface area contributed by atoms with E-state index in [-0.39, 0.29) is 17.5 Å². The number of nitrogens with zero attached hydrogens (tertiary/aromatic N) is 4. The lowest BCUT2D eigenvalue weighted by molar-refractivity contribution is -0.153. The van der Waals surface area contributed by atoms with Crippen LogP contribution in [0.2, 0.25) is 0 Å². The Kier molecular flexibility index (Phi) is 9.08. The number of carbonyl (C=O) groups excluding carboxylic acids is 2. The Morgan fingerprint density at radius 2 is 1.82 bits per heavy atom. The van der Waals surface area contributed by atoms with Crippen LogP contribution in [0.1, 0.15) is 45.0 Å². The Bertz CT molecular complexity index is 1330. The SMILES string of the molecule is COc1ccc(C(=O)N[P@](=O)(CO[C@H](C)Cn2cnc3c(N)ncnc32)NC(C)(C)C(=O)OC(C)C)cc1. The third kappa shape index (κ3) is 7.27. The molecule has 0 saturated heterocycles. The number of carbonyl (C=O) groups is 2. The summed E-state index contributed by atoms with van der Waals surface area (Å²) in [6.07, 6.45) is 1.63. The Hall–Kier alpha value is -3.54. The van der Waals surface area contributed by atoms with Gasteiger partial charge in [-0.05, 0) is 58.9 Å². The highest BCUT2D eigenvalue weighted by Gasteiger charge is 2.39. The summed E-state index contributed by atoms with van der Waals surface area (Å²) < 4.78 is 32.1. The van der Waals surface area contributed by atoms with Crippen molar-refractivity contribution < 1.29 is 28.4 Å². The van der Waals surface area contributed by atoms with Crippen LogP contribution in [0.5, 0.6) is 5.75 Å². The monoisotopic (exact) mass is 547 g/mol. The number of methoxy groups -OCH3 is 1. The van der Waals surface area contributed by atoms with Crippen LogP contribution in [-0.4, -0.2) is 62.6 Å². The molecule has 0 fully saturated rings. The lowest BCUT2D eigenvalue weighted by Crippen LogP contribution is -2.49. The number of hydrogen-bond donors (Lipinski definition) is 3. The molecule has 14 heteroatoms. The summed E-state index contributed by atoms with van der Waals surface area (Å²) in [5.41, 5.74) is 5.70. The summed E-state index contributed by atoms with van der Waals surface area (Å²) in [7, 11) is -2.34. The van der Waals surface area contributed by atoms with Gasteiger partial charge >= 0.3 is 5.97 Å². The normalized spacial score (nSPS) is 14.2. The molecule has 3 rings (SSSR count). The summed E-state index contributed by atoms with van der Waals surface area (Å²) in [5, 5.41) is 5.33. The van der Waals surface area contributed by atoms with Gasteiger partial charge in [0.2, 0.25) is 0 Å². The van der Waals surface area contributed by atoms with E-state index in [1.165, 1.54) is 39.4 Å². The average molecular weight is 548 g/mol. The van der Waals surface area contributed by atoms with Crippen molar-refractivity contribution in [2.45, 2.75) is 58.9 Å². The van der Waals surface area contributed by atoms with Gasteiger partial charge in [0.1, 0.15) is 29.5 Å². The summed E-state index contributed by atoms with van der Waals surface area (Å²) in [4.78, 5) is 38.0. The number of rotatable bonds is 12. The fourth-order valence-corrected chi connectivity index (χ4v) is 5.62. The molecule has 0 saturated carbocycles. The first-order chi connectivity index (χ1) is 17.8. The fourth-order valence-electron chi connectivity index (χ4n) is 3.52. The van der Waals surface area contributed by atoms with E-state index in [0.717, 1.165) is 0 Å². The van der Waals surface area contributed by atoms with Gasteiger partial charge in [0.25, 0.3) is 13.4 Å². The van der Waals surface area contributed by atoms with E-state index in [0.29, 0.717) is 23.5 Å². The van der Waals surface area contributed by atoms with Crippen LogP contribution in [0.4, 0.5) is 5.82 Å². The number of aromatic nitrogens is 4. The number of nitrogen functional groups attached to an aromatic ring is 1. The van der Waals surface area contributed by atoms with Crippen LogP contribution in [0.15, 0.2) is 36.9 Å². The molecule has 0 aliphatic rings. The fraction of sp³-hybridized carbons (Fsp3) is 0.458. The van der Waals surface area contributed by atoms with E-state index in [4.69, 9.17) is 19.9 Å². The lowest BCUT2D eigenvalue weighted by Gasteiger charge is -2.31. The van der Waals surface area contributed by atoms with E-state index in [2.05, 4.69) is 25.1 Å². The van der Waals surface area contributed by atoms with Crippen molar-refractivity contribution in [3.05, 3.63) is 42.5 Å². The molecular weight excluding hydrogens is 513 g/mol. The Labute approximate surface area is 220 Å². The second-order valence-electron chi connectivity index (χ2n) is 9.53. The smallest absolute Gasteiger partial charge is 0.326 e. The molecule has 13 nitrogen and oxygen atoms in total. The minimum atomic E-state index is -3.85. The Balaban J connectivity index is 1.78. The number of imidazole rings is 1. The number of hydrogen-bond acceptors (Lipinski definition) is 10. The van der Waals surface area contributed by atoms with Gasteiger partial charge in [0, 0.05) is 5.56 Å². The zero-order valence-electron chi connectivity index (χ0n) is 22.3. The summed E-state index contributed by atoms with van der Waals surface area (Å²) in [6.45, 7) is 8.54. The van der Waals surface area contributed by atoms with Crippen molar-refractivity contribution in [1.29, 1.82) is 0 Å². The third-order valence-corrected chi connectivity index (χ3v) is 7.37. The number of nitrogens with two attached hydrogens (primary N) is 1. The van der Waals surface area contributed by atoms with E-state index in [1.807, 2.05) is 0 Å². The molecular formula is C24H34N7O6P.